The topological polar surface area (TPSA) is 59.5 Å². The highest BCUT2D eigenvalue weighted by atomic mass is 35.5. The molecule has 0 atom stereocenters. The summed E-state index contributed by atoms with van der Waals surface area (Å²) in [6.45, 7) is 0.680. The molecule has 120 valence electrons. The number of ether oxygens (including phenoxy) is 1. The van der Waals surface area contributed by atoms with Crippen molar-refractivity contribution in [3.63, 3.8) is 0 Å². The molecule has 1 aliphatic rings. The lowest BCUT2D eigenvalue weighted by Gasteiger charge is -2.10. The molecule has 1 fully saturated rings. The molecule has 1 aliphatic heterocycles. The molecule has 2 heterocycles. The van der Waals surface area contributed by atoms with E-state index in [0.29, 0.717) is 39.6 Å². The predicted molar refractivity (Wildman–Crippen MR) is 89.5 cm³/mol. The number of rotatable bonds is 4. The molecule has 1 aromatic heterocycles. The van der Waals surface area contributed by atoms with Crippen molar-refractivity contribution in [1.29, 1.82) is 0 Å². The van der Waals surface area contributed by atoms with Crippen molar-refractivity contribution in [2.75, 3.05) is 11.4 Å². The summed E-state index contributed by atoms with van der Waals surface area (Å²) in [5.41, 5.74) is 0.578. The summed E-state index contributed by atoms with van der Waals surface area (Å²) in [5, 5.41) is 3.10. The minimum absolute atomic E-state index is 0.0266. The quantitative estimate of drug-likeness (QED) is 0.607. The van der Waals surface area contributed by atoms with Crippen molar-refractivity contribution >= 4 is 51.5 Å². The van der Waals surface area contributed by atoms with Crippen molar-refractivity contribution in [1.82, 2.24) is 4.98 Å². The number of halogens is 2. The Morgan fingerprint density at radius 3 is 2.87 bits per heavy atom. The molecule has 23 heavy (non-hydrogen) atoms. The van der Waals surface area contributed by atoms with Gasteiger partial charge in [-0.1, -0.05) is 23.2 Å². The van der Waals surface area contributed by atoms with Gasteiger partial charge in [-0.3, -0.25) is 14.5 Å². The molecule has 1 saturated heterocycles. The minimum atomic E-state index is -0.451. The number of hydrogen-bond acceptors (Lipinski definition) is 5. The van der Waals surface area contributed by atoms with E-state index in [2.05, 4.69) is 4.98 Å². The van der Waals surface area contributed by atoms with Crippen LogP contribution in [-0.2, 0) is 16.0 Å². The Morgan fingerprint density at radius 2 is 2.17 bits per heavy atom. The lowest BCUT2D eigenvalue weighted by Crippen LogP contribution is -2.23. The highest BCUT2D eigenvalue weighted by Crippen LogP contribution is 2.27. The van der Waals surface area contributed by atoms with Gasteiger partial charge in [0.1, 0.15) is 5.75 Å². The first kappa shape index (κ1) is 16.2. The number of carbonyl (C=O) groups is 2. The molecule has 0 aliphatic carbocycles. The summed E-state index contributed by atoms with van der Waals surface area (Å²) >= 11 is 13.0. The Balaban J connectivity index is 1.63. The van der Waals surface area contributed by atoms with E-state index in [4.69, 9.17) is 27.9 Å². The zero-order valence-corrected chi connectivity index (χ0v) is 14.2. The van der Waals surface area contributed by atoms with E-state index >= 15 is 0 Å². The molecular formula is C15H12Cl2N2O3S. The highest BCUT2D eigenvalue weighted by Gasteiger charge is 2.24. The van der Waals surface area contributed by atoms with Crippen molar-refractivity contribution in [2.45, 2.75) is 19.3 Å². The molecule has 0 bridgehead atoms. The van der Waals surface area contributed by atoms with E-state index < -0.39 is 5.97 Å². The summed E-state index contributed by atoms with van der Waals surface area (Å²) in [4.78, 5) is 29.6. The fourth-order valence-corrected chi connectivity index (χ4v) is 3.36. The van der Waals surface area contributed by atoms with E-state index in [1.165, 1.54) is 17.4 Å². The molecule has 1 amide bonds. The van der Waals surface area contributed by atoms with Crippen LogP contribution in [0.25, 0.3) is 0 Å². The maximum atomic E-state index is 12.0. The predicted octanol–water partition coefficient (Wildman–Crippen LogP) is 3.72. The molecule has 0 unspecified atom stereocenters. The molecule has 0 N–H and O–H groups in total. The van der Waals surface area contributed by atoms with E-state index in [0.717, 1.165) is 6.42 Å². The lowest BCUT2D eigenvalue weighted by atomic mass is 10.3. The van der Waals surface area contributed by atoms with Gasteiger partial charge in [0.25, 0.3) is 0 Å². The first-order valence-corrected chi connectivity index (χ1v) is 8.57. The second-order valence-corrected chi connectivity index (χ2v) is 6.65. The number of thiazole rings is 1. The molecule has 2 aromatic rings. The van der Waals surface area contributed by atoms with Crippen LogP contribution in [0, 0.1) is 0 Å². The van der Waals surface area contributed by atoms with E-state index in [1.54, 1.807) is 22.4 Å². The van der Waals surface area contributed by atoms with Crippen LogP contribution in [0.3, 0.4) is 0 Å². The van der Waals surface area contributed by atoms with Gasteiger partial charge in [0, 0.05) is 24.4 Å². The van der Waals surface area contributed by atoms with Crippen LogP contribution >= 0.6 is 34.5 Å². The Labute approximate surface area is 146 Å². The second kappa shape index (κ2) is 6.86. The van der Waals surface area contributed by atoms with E-state index in [-0.39, 0.29) is 12.3 Å². The number of hydrogen-bond donors (Lipinski definition) is 0. The van der Waals surface area contributed by atoms with Gasteiger partial charge < -0.3 is 4.74 Å². The van der Waals surface area contributed by atoms with Crippen LogP contribution in [0.1, 0.15) is 18.5 Å². The number of carbonyl (C=O) groups excluding carboxylic acids is 2. The van der Waals surface area contributed by atoms with Gasteiger partial charge in [-0.25, -0.2) is 4.98 Å². The minimum Gasteiger partial charge on any atom is -0.426 e. The zero-order valence-electron chi connectivity index (χ0n) is 11.9. The lowest BCUT2D eigenvalue weighted by molar-refractivity contribution is -0.133. The number of anilines is 1. The van der Waals surface area contributed by atoms with Crippen LogP contribution in [0.2, 0.25) is 10.0 Å². The Morgan fingerprint density at radius 1 is 1.35 bits per heavy atom. The van der Waals surface area contributed by atoms with Crippen molar-refractivity contribution < 1.29 is 14.3 Å². The maximum Gasteiger partial charge on any atom is 0.317 e. The SMILES string of the molecule is O=C(Cc1csc(N2CCCC2=O)n1)Oc1ccc(Cl)c(Cl)c1. The second-order valence-electron chi connectivity index (χ2n) is 5.00. The Bertz CT molecular complexity index is 763. The molecule has 0 saturated carbocycles. The van der Waals surface area contributed by atoms with Crippen LogP contribution in [-0.4, -0.2) is 23.4 Å². The van der Waals surface area contributed by atoms with Crippen LogP contribution in [0.5, 0.6) is 5.75 Å². The van der Waals surface area contributed by atoms with Gasteiger partial charge in [-0.15, -0.1) is 11.3 Å². The maximum absolute atomic E-state index is 12.0. The van der Waals surface area contributed by atoms with Crippen LogP contribution in [0.4, 0.5) is 5.13 Å². The largest absolute Gasteiger partial charge is 0.426 e. The van der Waals surface area contributed by atoms with Gasteiger partial charge in [-0.05, 0) is 18.6 Å². The monoisotopic (exact) mass is 370 g/mol. The molecule has 3 rings (SSSR count). The van der Waals surface area contributed by atoms with Gasteiger partial charge >= 0.3 is 5.97 Å². The molecule has 5 nitrogen and oxygen atoms in total. The van der Waals surface area contributed by atoms with Crippen LogP contribution in [0.15, 0.2) is 23.6 Å². The summed E-state index contributed by atoms with van der Waals surface area (Å²) in [5.74, 6) is -0.0492. The van der Waals surface area contributed by atoms with Gasteiger partial charge in [0.05, 0.1) is 22.2 Å². The average Bonchev–Trinajstić information content (AvgIpc) is 3.11. The van der Waals surface area contributed by atoms with Gasteiger partial charge in [0.15, 0.2) is 5.13 Å². The zero-order chi connectivity index (χ0) is 16.4. The number of amides is 1. The number of nitrogens with zero attached hydrogens (tertiary/aromatic N) is 2. The standard InChI is InChI=1S/C15H12Cl2N2O3S/c16-11-4-3-10(7-12(11)17)22-14(21)6-9-8-23-15(18-9)19-5-1-2-13(19)20/h3-4,7-8H,1-2,5-6H2. The normalized spacial score (nSPS) is 14.3. The first-order chi connectivity index (χ1) is 11.0. The van der Waals surface area contributed by atoms with E-state index in [1.807, 2.05) is 0 Å². The smallest absolute Gasteiger partial charge is 0.317 e. The molecule has 1 aromatic carbocycles. The number of aromatic nitrogens is 1. The van der Waals surface area contributed by atoms with Crippen LogP contribution < -0.4 is 9.64 Å². The highest BCUT2D eigenvalue weighted by molar-refractivity contribution is 7.14. The summed E-state index contributed by atoms with van der Waals surface area (Å²) in [6.07, 6.45) is 1.42. The first-order valence-electron chi connectivity index (χ1n) is 6.93. The fourth-order valence-electron chi connectivity index (χ4n) is 2.21. The fraction of sp³-hybridized carbons (Fsp3) is 0.267. The van der Waals surface area contributed by atoms with Gasteiger partial charge in [0.2, 0.25) is 5.91 Å². The summed E-state index contributed by atoms with van der Waals surface area (Å²) < 4.78 is 5.21. The summed E-state index contributed by atoms with van der Waals surface area (Å²) in [7, 11) is 0. The Kier molecular flexibility index (Phi) is 4.84. The van der Waals surface area contributed by atoms with E-state index in [9.17, 15) is 9.59 Å². The molecule has 0 radical (unpaired) electrons. The third-order valence-corrected chi connectivity index (χ3v) is 4.94. The molecule has 8 heteroatoms. The molecule has 0 spiro atoms. The van der Waals surface area contributed by atoms with Crippen molar-refractivity contribution in [2.24, 2.45) is 0 Å². The average molecular weight is 371 g/mol. The van der Waals surface area contributed by atoms with Crippen molar-refractivity contribution in [3.05, 3.63) is 39.3 Å². The van der Waals surface area contributed by atoms with Gasteiger partial charge in [-0.2, -0.15) is 0 Å². The third-order valence-electron chi connectivity index (χ3n) is 3.29. The third kappa shape index (κ3) is 3.83. The summed E-state index contributed by atoms with van der Waals surface area (Å²) in [6, 6.07) is 4.62. The van der Waals surface area contributed by atoms with Crippen molar-refractivity contribution in [3.8, 4) is 5.75 Å². The number of benzene rings is 1. The molecular weight excluding hydrogens is 359 g/mol. The number of esters is 1. The Hall–Kier alpha value is -1.63.